The largest absolute Gasteiger partial charge is 0.462 e. The number of ether oxygens (including phenoxy) is 4. The van der Waals surface area contributed by atoms with E-state index in [0.717, 1.165) is 70.6 Å². The van der Waals surface area contributed by atoms with Crippen LogP contribution in [0.15, 0.2) is 60.8 Å². The zero-order valence-electron chi connectivity index (χ0n) is 34.0. The van der Waals surface area contributed by atoms with Gasteiger partial charge in [0.1, 0.15) is 36.8 Å². The van der Waals surface area contributed by atoms with Crippen molar-refractivity contribution in [2.75, 3.05) is 19.0 Å². The monoisotopic (exact) mass is 812 g/mol. The van der Waals surface area contributed by atoms with E-state index in [2.05, 4.69) is 74.6 Å². The van der Waals surface area contributed by atoms with Crippen LogP contribution in [0.25, 0.3) is 0 Å². The molecule has 0 aromatic rings. The highest BCUT2D eigenvalue weighted by molar-refractivity contribution is 7.85. The van der Waals surface area contributed by atoms with Crippen LogP contribution in [0.4, 0.5) is 0 Å². The second-order valence-electron chi connectivity index (χ2n) is 14.3. The third-order valence-corrected chi connectivity index (χ3v) is 9.86. The molecule has 0 saturated carbocycles. The number of carbonyl (C=O) groups is 2. The molecular weight excluding hydrogens is 741 g/mol. The first-order chi connectivity index (χ1) is 27.0. The van der Waals surface area contributed by atoms with Gasteiger partial charge in [-0.1, -0.05) is 132 Å². The van der Waals surface area contributed by atoms with Crippen molar-refractivity contribution < 1.29 is 56.8 Å². The molecule has 2 unspecified atom stereocenters. The van der Waals surface area contributed by atoms with E-state index in [1.807, 2.05) is 0 Å². The topological polar surface area (TPSA) is 186 Å². The fourth-order valence-electron chi connectivity index (χ4n) is 5.88. The third-order valence-electron chi connectivity index (χ3n) is 9.11. The smallest absolute Gasteiger partial charge is 0.306 e. The Morgan fingerprint density at radius 1 is 0.625 bits per heavy atom. The molecule has 0 aliphatic carbocycles. The average molecular weight is 813 g/mol. The van der Waals surface area contributed by atoms with Gasteiger partial charge in [-0.05, 0) is 57.8 Å². The van der Waals surface area contributed by atoms with Gasteiger partial charge in [0.2, 0.25) is 0 Å². The van der Waals surface area contributed by atoms with Gasteiger partial charge in [-0.2, -0.15) is 8.42 Å². The molecule has 1 aliphatic heterocycles. The van der Waals surface area contributed by atoms with E-state index in [1.165, 1.54) is 32.1 Å². The van der Waals surface area contributed by atoms with Crippen molar-refractivity contribution in [2.45, 2.75) is 179 Å². The Morgan fingerprint density at radius 3 is 1.68 bits per heavy atom. The van der Waals surface area contributed by atoms with Gasteiger partial charge >= 0.3 is 11.9 Å². The normalized spacial score (nSPS) is 21.3. The predicted octanol–water partition coefficient (Wildman–Crippen LogP) is 7.78. The quantitative estimate of drug-likeness (QED) is 0.0219. The van der Waals surface area contributed by atoms with Crippen LogP contribution in [0.3, 0.4) is 0 Å². The number of esters is 2. The lowest BCUT2D eigenvalue weighted by Gasteiger charge is -2.40. The lowest BCUT2D eigenvalue weighted by atomic mass is 10.00. The van der Waals surface area contributed by atoms with E-state index < -0.39 is 71.2 Å². The van der Waals surface area contributed by atoms with Gasteiger partial charge in [0.05, 0.1) is 6.61 Å². The van der Waals surface area contributed by atoms with Crippen LogP contribution in [0, 0.1) is 0 Å². The first kappa shape index (κ1) is 51.4. The number of hydrogen-bond acceptors (Lipinski definition) is 11. The van der Waals surface area contributed by atoms with Crippen molar-refractivity contribution in [1.82, 2.24) is 0 Å². The Bertz CT molecular complexity index is 1280. The standard InChI is InChI=1S/C43H72O12S/c1-3-5-7-9-11-13-14-15-16-17-18-19-20-21-22-24-25-27-29-31-38(44)52-33-36(54-39(45)32-30-28-26-23-12-10-8-6-4-2)34-53-43-42(48)41(47)40(46)37(55-43)35-56(49,50)51/h5,7,11,13,15-16,18-19,21-22,36-37,40-43,46-48H,3-4,6,8-10,12,14,17,20,23-35H2,1-2H3,(H,49,50,51)/b7-5+,13-11+,16-15+,19-18+,22-21+/t36-,37-,40-,41?,42?,43+/m1/s1. The molecule has 4 N–H and O–H groups in total. The molecule has 1 aliphatic rings. The summed E-state index contributed by atoms with van der Waals surface area (Å²) in [6.45, 7) is 3.56. The minimum Gasteiger partial charge on any atom is -0.462 e. The Hall–Kier alpha value is -2.65. The minimum atomic E-state index is -4.60. The highest BCUT2D eigenvalue weighted by atomic mass is 32.2. The number of unbranched alkanes of at least 4 members (excludes halogenated alkanes) is 11. The minimum absolute atomic E-state index is 0.155. The van der Waals surface area contributed by atoms with Crippen molar-refractivity contribution in [3.8, 4) is 0 Å². The van der Waals surface area contributed by atoms with E-state index in [0.29, 0.717) is 12.8 Å². The summed E-state index contributed by atoms with van der Waals surface area (Å²) < 4.78 is 53.8. The van der Waals surface area contributed by atoms with Crippen LogP contribution in [0.2, 0.25) is 0 Å². The lowest BCUT2D eigenvalue weighted by molar-refractivity contribution is -0.297. The third kappa shape index (κ3) is 27.9. The van der Waals surface area contributed by atoms with E-state index in [9.17, 15) is 37.9 Å². The molecule has 322 valence electrons. The predicted molar refractivity (Wildman–Crippen MR) is 219 cm³/mol. The van der Waals surface area contributed by atoms with Crippen molar-refractivity contribution in [3.05, 3.63) is 60.8 Å². The van der Waals surface area contributed by atoms with E-state index in [-0.39, 0.29) is 19.4 Å². The van der Waals surface area contributed by atoms with Crippen LogP contribution < -0.4 is 0 Å². The summed E-state index contributed by atoms with van der Waals surface area (Å²) in [6, 6.07) is 0. The summed E-state index contributed by atoms with van der Waals surface area (Å²) in [7, 11) is -4.60. The van der Waals surface area contributed by atoms with Crippen LogP contribution in [0.1, 0.15) is 142 Å². The second kappa shape index (κ2) is 33.3. The number of carbonyl (C=O) groups excluding carboxylic acids is 2. The number of allylic oxidation sites excluding steroid dienone is 10. The molecule has 56 heavy (non-hydrogen) atoms. The molecule has 1 heterocycles. The zero-order valence-corrected chi connectivity index (χ0v) is 34.8. The van der Waals surface area contributed by atoms with E-state index in [4.69, 9.17) is 18.9 Å². The van der Waals surface area contributed by atoms with Gasteiger partial charge in [-0.3, -0.25) is 14.1 Å². The summed E-state index contributed by atoms with van der Waals surface area (Å²) in [5.74, 6) is -2.03. The maximum absolute atomic E-state index is 12.7. The SMILES string of the molecule is CC/C=C/C/C=C/C/C=C/C/C=C/C/C=C/CCCCCC(=O)OC[C@H](CO[C@H]1O[C@H](CS(=O)(=O)O)[C@@H](O)C(O)C1O)OC(=O)CCCCCCCCCCC. The van der Waals surface area contributed by atoms with Crippen molar-refractivity contribution >= 4 is 22.1 Å². The average Bonchev–Trinajstić information content (AvgIpc) is 3.16. The van der Waals surface area contributed by atoms with Gasteiger partial charge in [0.15, 0.2) is 12.4 Å². The Kier molecular flexibility index (Phi) is 30.6. The summed E-state index contributed by atoms with van der Waals surface area (Å²) in [5, 5.41) is 30.8. The van der Waals surface area contributed by atoms with Gasteiger partial charge in [-0.25, -0.2) is 0 Å². The van der Waals surface area contributed by atoms with E-state index in [1.54, 1.807) is 0 Å². The molecule has 6 atom stereocenters. The highest BCUT2D eigenvalue weighted by Crippen LogP contribution is 2.24. The molecule has 0 amide bonds. The summed E-state index contributed by atoms with van der Waals surface area (Å²) in [4.78, 5) is 25.2. The van der Waals surface area contributed by atoms with Crippen LogP contribution in [-0.2, 0) is 38.7 Å². The summed E-state index contributed by atoms with van der Waals surface area (Å²) in [5.41, 5.74) is 0. The molecule has 13 heteroatoms. The number of hydrogen-bond donors (Lipinski definition) is 4. The number of aliphatic hydroxyl groups excluding tert-OH is 3. The van der Waals surface area contributed by atoms with Crippen LogP contribution in [-0.4, -0.2) is 96.0 Å². The van der Waals surface area contributed by atoms with Crippen molar-refractivity contribution in [2.24, 2.45) is 0 Å². The van der Waals surface area contributed by atoms with E-state index >= 15 is 0 Å². The first-order valence-electron chi connectivity index (χ1n) is 20.8. The summed E-state index contributed by atoms with van der Waals surface area (Å²) in [6.07, 6.45) is 30.0. The Labute approximate surface area is 336 Å². The number of aliphatic hydroxyl groups is 3. The molecule has 12 nitrogen and oxygen atoms in total. The molecule has 0 bridgehead atoms. The summed E-state index contributed by atoms with van der Waals surface area (Å²) >= 11 is 0. The van der Waals surface area contributed by atoms with Crippen molar-refractivity contribution in [3.63, 3.8) is 0 Å². The zero-order chi connectivity index (χ0) is 41.3. The fraction of sp³-hybridized carbons (Fsp3) is 0.721. The molecule has 1 rings (SSSR count). The highest BCUT2D eigenvalue weighted by Gasteiger charge is 2.46. The van der Waals surface area contributed by atoms with Gasteiger partial charge in [0.25, 0.3) is 10.1 Å². The molecule has 0 aromatic carbocycles. The maximum Gasteiger partial charge on any atom is 0.306 e. The lowest BCUT2D eigenvalue weighted by Crippen LogP contribution is -2.60. The first-order valence-corrected chi connectivity index (χ1v) is 22.5. The number of rotatable bonds is 33. The second-order valence-corrected chi connectivity index (χ2v) is 15.8. The molecule has 1 fully saturated rings. The fourth-order valence-corrected chi connectivity index (χ4v) is 6.57. The Morgan fingerprint density at radius 2 is 1.12 bits per heavy atom. The molecule has 0 radical (unpaired) electrons. The molecular formula is C43H72O12S. The van der Waals surface area contributed by atoms with Crippen molar-refractivity contribution in [1.29, 1.82) is 0 Å². The molecule has 0 spiro atoms. The maximum atomic E-state index is 12.7. The molecule has 0 aromatic heterocycles. The van der Waals surface area contributed by atoms with Gasteiger partial charge in [0, 0.05) is 12.8 Å². The Balaban J connectivity index is 2.47. The van der Waals surface area contributed by atoms with Crippen LogP contribution >= 0.6 is 0 Å². The van der Waals surface area contributed by atoms with Gasteiger partial charge in [-0.15, -0.1) is 0 Å². The molecule has 1 saturated heterocycles. The van der Waals surface area contributed by atoms with Crippen LogP contribution in [0.5, 0.6) is 0 Å². The van der Waals surface area contributed by atoms with Gasteiger partial charge < -0.3 is 34.3 Å².